The molecule has 0 aliphatic heterocycles. The summed E-state index contributed by atoms with van der Waals surface area (Å²) in [7, 11) is 0. The molecule has 0 saturated heterocycles. The van der Waals surface area contributed by atoms with E-state index in [2.05, 4.69) is 77.0 Å². The molecule has 0 N–H and O–H groups in total. The van der Waals surface area contributed by atoms with Crippen molar-refractivity contribution in [2.45, 2.75) is 4.78 Å². The van der Waals surface area contributed by atoms with E-state index in [1.54, 1.807) is 0 Å². The third-order valence-corrected chi connectivity index (χ3v) is 3.59. The molecule has 1 heteroatoms. The van der Waals surface area contributed by atoms with E-state index in [1.807, 2.05) is 0 Å². The highest BCUT2D eigenvalue weighted by atomic mass is 27.0. The number of benzene rings is 2. The largest absolute Gasteiger partial charge is 0.138 e. The Labute approximate surface area is 104 Å². The fraction of sp³-hybridized carbons (Fsp3) is 0.0667. The Balaban J connectivity index is 2.15. The number of allylic oxidation sites excluding steroid dienone is 1. The normalized spacial score (nSPS) is 18.0. The van der Waals surface area contributed by atoms with E-state index in [0.29, 0.717) is 4.78 Å². The van der Waals surface area contributed by atoms with Gasteiger partial charge in [0.05, 0.1) is 0 Å². The molecule has 0 fully saturated rings. The van der Waals surface area contributed by atoms with Gasteiger partial charge in [-0.1, -0.05) is 65.5 Å². The zero-order valence-corrected chi connectivity index (χ0v) is 10.1. The second-order valence-corrected chi connectivity index (χ2v) is 4.78. The van der Waals surface area contributed by atoms with Gasteiger partial charge < -0.3 is 0 Å². The molecular formula is C15H11Al. The van der Waals surface area contributed by atoms with Crippen molar-refractivity contribution in [2.24, 2.45) is 0 Å². The summed E-state index contributed by atoms with van der Waals surface area (Å²) in [4.78, 5) is 0. The van der Waals surface area contributed by atoms with Crippen LogP contribution in [0.1, 0.15) is 21.5 Å². The van der Waals surface area contributed by atoms with Crippen molar-refractivity contribution in [1.29, 1.82) is 0 Å². The number of fused-ring (bicyclic) bond motifs is 1. The van der Waals surface area contributed by atoms with Gasteiger partial charge in [-0.2, -0.15) is 0 Å². The van der Waals surface area contributed by atoms with Crippen molar-refractivity contribution >= 4 is 21.9 Å². The minimum absolute atomic E-state index is 0.450. The highest BCUT2D eigenvalue weighted by Gasteiger charge is 2.18. The lowest BCUT2D eigenvalue weighted by Gasteiger charge is -2.06. The van der Waals surface area contributed by atoms with Gasteiger partial charge in [0, 0.05) is 0 Å². The molecule has 1 aliphatic carbocycles. The van der Waals surface area contributed by atoms with Crippen LogP contribution in [0.15, 0.2) is 60.7 Å². The maximum atomic E-state index is 2.90. The van der Waals surface area contributed by atoms with E-state index in [9.17, 15) is 0 Å². The molecule has 1 aliphatic rings. The standard InChI is InChI=1S/C15H11.Al/c1-2-6-12(7-3-1)15-11-10-13-8-4-5-9-14(13)15;/h1-11H;. The van der Waals surface area contributed by atoms with Crippen molar-refractivity contribution in [3.05, 3.63) is 77.4 Å². The molecule has 0 bridgehead atoms. The van der Waals surface area contributed by atoms with Crippen LogP contribution in [0.3, 0.4) is 0 Å². The second kappa shape index (κ2) is 3.94. The molecule has 0 amide bonds. The minimum Gasteiger partial charge on any atom is -0.0842 e. The number of hydrogen-bond acceptors (Lipinski definition) is 0. The summed E-state index contributed by atoms with van der Waals surface area (Å²) in [6.45, 7) is 0. The zero-order chi connectivity index (χ0) is 11.0. The molecule has 16 heavy (non-hydrogen) atoms. The average molecular weight is 218 g/mol. The lowest BCUT2D eigenvalue weighted by Crippen LogP contribution is -1.90. The Morgan fingerprint density at radius 2 is 1.50 bits per heavy atom. The third-order valence-electron chi connectivity index (χ3n) is 3.04. The summed E-state index contributed by atoms with van der Waals surface area (Å²) in [6.07, 6.45) is 2.32. The zero-order valence-electron chi connectivity index (χ0n) is 8.93. The predicted octanol–water partition coefficient (Wildman–Crippen LogP) is 3.34. The van der Waals surface area contributed by atoms with Crippen LogP contribution in [-0.2, 0) is 0 Å². The van der Waals surface area contributed by atoms with Gasteiger partial charge in [-0.25, -0.2) is 0 Å². The Morgan fingerprint density at radius 3 is 2.31 bits per heavy atom. The molecule has 0 spiro atoms. The fourth-order valence-corrected chi connectivity index (χ4v) is 2.74. The van der Waals surface area contributed by atoms with E-state index in [4.69, 9.17) is 0 Å². The molecule has 0 aromatic heterocycles. The highest BCUT2D eigenvalue weighted by Crippen LogP contribution is 2.37. The summed E-state index contributed by atoms with van der Waals surface area (Å²) >= 11 is 2.90. The first kappa shape index (κ1) is 9.90. The Morgan fingerprint density at radius 1 is 0.812 bits per heavy atom. The minimum atomic E-state index is 0.450. The molecule has 2 radical (unpaired) electrons. The number of rotatable bonds is 1. The van der Waals surface area contributed by atoms with Gasteiger partial charge in [0.25, 0.3) is 0 Å². The lowest BCUT2D eigenvalue weighted by molar-refractivity contribution is 1.25. The van der Waals surface area contributed by atoms with Crippen LogP contribution in [0.5, 0.6) is 0 Å². The maximum absolute atomic E-state index is 2.90. The summed E-state index contributed by atoms with van der Waals surface area (Å²) in [5.74, 6) is 0. The monoisotopic (exact) mass is 218 g/mol. The Bertz CT molecular complexity index is 540. The van der Waals surface area contributed by atoms with Gasteiger partial charge in [0.2, 0.25) is 0 Å². The fourth-order valence-electron chi connectivity index (χ4n) is 2.26. The van der Waals surface area contributed by atoms with Crippen LogP contribution >= 0.6 is 0 Å². The van der Waals surface area contributed by atoms with Crippen molar-refractivity contribution < 1.29 is 0 Å². The SMILES string of the molecule is [Al][CH]1C=C(c2ccccc2)c2ccccc21. The molecule has 0 nitrogen and oxygen atoms in total. The predicted molar refractivity (Wildman–Crippen MR) is 68.5 cm³/mol. The highest BCUT2D eigenvalue weighted by molar-refractivity contribution is 6.16. The van der Waals surface area contributed by atoms with E-state index in [0.717, 1.165) is 0 Å². The first-order valence-electron chi connectivity index (χ1n) is 5.48. The molecule has 3 rings (SSSR count). The van der Waals surface area contributed by atoms with Gasteiger partial charge in [-0.15, -0.1) is 0 Å². The molecule has 0 heterocycles. The summed E-state index contributed by atoms with van der Waals surface area (Å²) in [5, 5.41) is 0. The maximum Gasteiger partial charge on any atom is 0.138 e. The van der Waals surface area contributed by atoms with Crippen LogP contribution in [0.2, 0.25) is 0 Å². The van der Waals surface area contributed by atoms with Crippen molar-refractivity contribution in [3.8, 4) is 0 Å². The molecule has 74 valence electrons. The van der Waals surface area contributed by atoms with Crippen LogP contribution in [0, 0.1) is 0 Å². The van der Waals surface area contributed by atoms with Crippen LogP contribution < -0.4 is 0 Å². The van der Waals surface area contributed by atoms with Crippen molar-refractivity contribution in [1.82, 2.24) is 0 Å². The molecule has 1 unspecified atom stereocenters. The average Bonchev–Trinajstić information content (AvgIpc) is 2.69. The molecule has 1 atom stereocenters. The van der Waals surface area contributed by atoms with E-state index in [1.165, 1.54) is 22.3 Å². The Kier molecular flexibility index (Phi) is 2.44. The molecule has 2 aromatic rings. The smallest absolute Gasteiger partial charge is 0.0842 e. The van der Waals surface area contributed by atoms with Crippen LogP contribution in [-0.4, -0.2) is 16.3 Å². The Hall–Kier alpha value is -1.29. The van der Waals surface area contributed by atoms with Gasteiger partial charge in [0.15, 0.2) is 0 Å². The third kappa shape index (κ3) is 1.53. The first-order valence-corrected chi connectivity index (χ1v) is 6.15. The summed E-state index contributed by atoms with van der Waals surface area (Å²) in [6, 6.07) is 19.2. The quantitative estimate of drug-likeness (QED) is 0.644. The lowest BCUT2D eigenvalue weighted by atomic mass is 9.99. The van der Waals surface area contributed by atoms with Crippen molar-refractivity contribution in [2.75, 3.05) is 0 Å². The van der Waals surface area contributed by atoms with Gasteiger partial charge in [0.1, 0.15) is 16.3 Å². The number of hydrogen-bond donors (Lipinski definition) is 0. The van der Waals surface area contributed by atoms with Gasteiger partial charge in [-0.05, 0) is 22.3 Å². The van der Waals surface area contributed by atoms with E-state index >= 15 is 0 Å². The van der Waals surface area contributed by atoms with Gasteiger partial charge >= 0.3 is 0 Å². The molecule has 2 aromatic carbocycles. The van der Waals surface area contributed by atoms with Crippen LogP contribution in [0.25, 0.3) is 5.57 Å². The van der Waals surface area contributed by atoms with Gasteiger partial charge in [-0.3, -0.25) is 0 Å². The van der Waals surface area contributed by atoms with Crippen molar-refractivity contribution in [3.63, 3.8) is 0 Å². The second-order valence-electron chi connectivity index (χ2n) is 4.06. The van der Waals surface area contributed by atoms with Crippen LogP contribution in [0.4, 0.5) is 0 Å². The van der Waals surface area contributed by atoms with E-state index < -0.39 is 0 Å². The molecule has 0 saturated carbocycles. The molecular weight excluding hydrogens is 207 g/mol. The summed E-state index contributed by atoms with van der Waals surface area (Å²) in [5.41, 5.74) is 5.44. The topological polar surface area (TPSA) is 0 Å². The first-order chi connectivity index (χ1) is 7.86. The summed E-state index contributed by atoms with van der Waals surface area (Å²) < 4.78 is 0.450. The van der Waals surface area contributed by atoms with E-state index in [-0.39, 0.29) is 0 Å².